The zero-order valence-electron chi connectivity index (χ0n) is 15.1. The summed E-state index contributed by atoms with van der Waals surface area (Å²) in [6, 6.07) is 4.60. The van der Waals surface area contributed by atoms with E-state index in [1.807, 2.05) is 6.07 Å². The van der Waals surface area contributed by atoms with Crippen molar-refractivity contribution in [1.82, 2.24) is 4.90 Å². The van der Waals surface area contributed by atoms with E-state index in [-0.39, 0.29) is 0 Å². The van der Waals surface area contributed by atoms with Crippen LogP contribution in [0.4, 0.5) is 5.69 Å². The molecule has 1 aliphatic carbocycles. The van der Waals surface area contributed by atoms with E-state index >= 15 is 0 Å². The minimum absolute atomic E-state index is 0.320. The number of halogens is 4. The van der Waals surface area contributed by atoms with E-state index < -0.39 is 9.70 Å². The maximum Gasteiger partial charge on any atom is 0.279 e. The highest BCUT2D eigenvalue weighted by atomic mass is 127. The van der Waals surface area contributed by atoms with Crippen LogP contribution < -0.4 is 4.90 Å². The quantitative estimate of drug-likeness (QED) is 0.370. The number of benzene rings is 1. The Balaban J connectivity index is 1.95. The molecule has 7 heteroatoms. The van der Waals surface area contributed by atoms with Crippen LogP contribution in [0.1, 0.15) is 50.2 Å². The van der Waals surface area contributed by atoms with E-state index in [2.05, 4.69) is 47.4 Å². The molecular formula is C19H24Cl3IN2O. The lowest BCUT2D eigenvalue weighted by Crippen LogP contribution is -2.42. The smallest absolute Gasteiger partial charge is 0.279 e. The van der Waals surface area contributed by atoms with Gasteiger partial charge in [0.2, 0.25) is 0 Å². The molecule has 0 N–H and O–H groups in total. The molecule has 0 radical (unpaired) electrons. The third-order valence-electron chi connectivity index (χ3n) is 5.40. The zero-order valence-corrected chi connectivity index (χ0v) is 19.5. The van der Waals surface area contributed by atoms with Crippen LogP contribution in [0.5, 0.6) is 0 Å². The summed E-state index contributed by atoms with van der Waals surface area (Å²) in [6.07, 6.45) is 4.41. The zero-order chi connectivity index (χ0) is 19.1. The molecule has 144 valence electrons. The van der Waals surface area contributed by atoms with Gasteiger partial charge in [-0.15, -0.1) is 0 Å². The normalized spacial score (nSPS) is 22.0. The van der Waals surface area contributed by atoms with Gasteiger partial charge in [0.15, 0.2) is 0 Å². The first kappa shape index (κ1) is 21.0. The van der Waals surface area contributed by atoms with Crippen LogP contribution in [0, 0.1) is 3.57 Å². The standard InChI is InChI=1S/C19H24Cl3IN2O/c1-3-7-24(8-4-2)13-9-12-11-25(18(26)19(20,21)22)16-6-5-15(23)14(10-13)17(12)16/h5-6,12-13H,3-4,7-11H2,1-2H3. The summed E-state index contributed by atoms with van der Waals surface area (Å²) >= 11 is 20.1. The minimum atomic E-state index is -1.92. The maximum absolute atomic E-state index is 12.6. The largest absolute Gasteiger partial charge is 0.308 e. The fraction of sp³-hybridized carbons (Fsp3) is 0.632. The number of carbonyl (C=O) groups is 1. The molecule has 3 rings (SSSR count). The molecule has 1 heterocycles. The highest BCUT2D eigenvalue weighted by Crippen LogP contribution is 2.48. The van der Waals surface area contributed by atoms with Crippen LogP contribution in [-0.4, -0.2) is 40.3 Å². The van der Waals surface area contributed by atoms with E-state index in [1.165, 1.54) is 14.7 Å². The average Bonchev–Trinajstić information content (AvgIpc) is 2.95. The number of hydrogen-bond acceptors (Lipinski definition) is 2. The second-order valence-corrected chi connectivity index (χ2v) is 10.6. The molecule has 2 atom stereocenters. The molecule has 1 aliphatic heterocycles. The van der Waals surface area contributed by atoms with Crippen LogP contribution >= 0.6 is 57.4 Å². The molecule has 0 aromatic heterocycles. The first-order valence-corrected chi connectivity index (χ1v) is 11.4. The molecule has 0 bridgehead atoms. The Kier molecular flexibility index (Phi) is 6.71. The third-order valence-corrected chi connectivity index (χ3v) is 6.90. The number of anilines is 1. The molecule has 1 aromatic carbocycles. The lowest BCUT2D eigenvalue weighted by molar-refractivity contribution is -0.117. The van der Waals surface area contributed by atoms with Gasteiger partial charge in [-0.05, 0) is 84.6 Å². The van der Waals surface area contributed by atoms with Gasteiger partial charge >= 0.3 is 0 Å². The lowest BCUT2D eigenvalue weighted by atomic mass is 9.80. The van der Waals surface area contributed by atoms with Crippen LogP contribution in [-0.2, 0) is 11.2 Å². The summed E-state index contributed by atoms with van der Waals surface area (Å²) in [5, 5.41) is 0. The van der Waals surface area contributed by atoms with Gasteiger partial charge in [-0.3, -0.25) is 4.79 Å². The SMILES string of the molecule is CCCN(CCC)C1Cc2c(I)ccc3c2C(C1)CN3C(=O)C(Cl)(Cl)Cl. The van der Waals surface area contributed by atoms with Gasteiger partial charge in [0, 0.05) is 27.8 Å². The van der Waals surface area contributed by atoms with Crippen molar-refractivity contribution in [3.8, 4) is 0 Å². The van der Waals surface area contributed by atoms with Crippen molar-refractivity contribution in [2.45, 2.75) is 55.3 Å². The van der Waals surface area contributed by atoms with Crippen molar-refractivity contribution in [2.24, 2.45) is 0 Å². The Morgan fingerprint density at radius 3 is 2.50 bits per heavy atom. The molecule has 3 nitrogen and oxygen atoms in total. The van der Waals surface area contributed by atoms with E-state index in [9.17, 15) is 4.79 Å². The molecule has 1 aromatic rings. The predicted molar refractivity (Wildman–Crippen MR) is 119 cm³/mol. The topological polar surface area (TPSA) is 23.6 Å². The summed E-state index contributed by atoms with van der Waals surface area (Å²) in [5.74, 6) is -0.128. The highest BCUT2D eigenvalue weighted by Gasteiger charge is 2.45. The van der Waals surface area contributed by atoms with Crippen LogP contribution in [0.25, 0.3) is 0 Å². The van der Waals surface area contributed by atoms with Gasteiger partial charge in [-0.25, -0.2) is 0 Å². The summed E-state index contributed by atoms with van der Waals surface area (Å²) in [4.78, 5) is 16.9. The van der Waals surface area contributed by atoms with Crippen molar-refractivity contribution < 1.29 is 4.79 Å². The molecular weight excluding hydrogens is 505 g/mol. The highest BCUT2D eigenvalue weighted by molar-refractivity contribution is 14.1. The average molecular weight is 530 g/mol. The fourth-order valence-electron chi connectivity index (χ4n) is 4.45. The Morgan fingerprint density at radius 1 is 1.27 bits per heavy atom. The number of nitrogens with zero attached hydrogens (tertiary/aromatic N) is 2. The minimum Gasteiger partial charge on any atom is -0.308 e. The van der Waals surface area contributed by atoms with Crippen molar-refractivity contribution >= 4 is 69.0 Å². The van der Waals surface area contributed by atoms with Crippen molar-refractivity contribution in [3.63, 3.8) is 0 Å². The lowest BCUT2D eigenvalue weighted by Gasteiger charge is -2.37. The van der Waals surface area contributed by atoms with Crippen LogP contribution in [0.2, 0.25) is 0 Å². The van der Waals surface area contributed by atoms with Gasteiger partial charge in [0.1, 0.15) is 0 Å². The molecule has 2 unspecified atom stereocenters. The van der Waals surface area contributed by atoms with Crippen molar-refractivity contribution in [2.75, 3.05) is 24.5 Å². The molecule has 0 saturated heterocycles. The Labute approximate surface area is 184 Å². The fourth-order valence-corrected chi connectivity index (χ4v) is 5.45. The monoisotopic (exact) mass is 528 g/mol. The summed E-state index contributed by atoms with van der Waals surface area (Å²) < 4.78 is -0.647. The van der Waals surface area contributed by atoms with Gasteiger partial charge in [0.05, 0.1) is 0 Å². The predicted octanol–water partition coefficient (Wildman–Crippen LogP) is 5.53. The second kappa shape index (κ2) is 8.32. The van der Waals surface area contributed by atoms with E-state index in [1.54, 1.807) is 4.90 Å². The first-order chi connectivity index (χ1) is 12.3. The van der Waals surface area contributed by atoms with Crippen molar-refractivity contribution in [3.05, 3.63) is 26.8 Å². The van der Waals surface area contributed by atoms with Crippen LogP contribution in [0.15, 0.2) is 12.1 Å². The maximum atomic E-state index is 12.6. The number of hydrogen-bond donors (Lipinski definition) is 0. The van der Waals surface area contributed by atoms with Gasteiger partial charge < -0.3 is 9.80 Å². The number of amides is 1. The summed E-state index contributed by atoms with van der Waals surface area (Å²) in [5.41, 5.74) is 3.60. The second-order valence-electron chi connectivity index (χ2n) is 7.20. The molecule has 0 spiro atoms. The van der Waals surface area contributed by atoms with E-state index in [4.69, 9.17) is 34.8 Å². The van der Waals surface area contributed by atoms with Crippen LogP contribution in [0.3, 0.4) is 0 Å². The summed E-state index contributed by atoms with van der Waals surface area (Å²) in [7, 11) is 0. The van der Waals surface area contributed by atoms with E-state index in [0.717, 1.165) is 44.5 Å². The number of rotatable bonds is 5. The van der Waals surface area contributed by atoms with Gasteiger partial charge in [-0.1, -0.05) is 48.7 Å². The number of carbonyl (C=O) groups excluding carboxylic acids is 1. The van der Waals surface area contributed by atoms with Gasteiger partial charge in [-0.2, -0.15) is 0 Å². The molecule has 0 saturated carbocycles. The molecule has 1 amide bonds. The Morgan fingerprint density at radius 2 is 1.92 bits per heavy atom. The Bertz CT molecular complexity index is 686. The molecule has 26 heavy (non-hydrogen) atoms. The Hall–Kier alpha value is 0.250. The van der Waals surface area contributed by atoms with Crippen molar-refractivity contribution in [1.29, 1.82) is 0 Å². The first-order valence-electron chi connectivity index (χ1n) is 9.21. The summed E-state index contributed by atoms with van der Waals surface area (Å²) in [6.45, 7) is 7.32. The number of alkyl halides is 3. The van der Waals surface area contributed by atoms with E-state index in [0.29, 0.717) is 18.5 Å². The third kappa shape index (κ3) is 4.00. The van der Waals surface area contributed by atoms with Gasteiger partial charge in [0.25, 0.3) is 9.70 Å². The molecule has 2 aliphatic rings. The molecule has 0 fully saturated rings.